The van der Waals surface area contributed by atoms with Crippen molar-refractivity contribution in [1.82, 2.24) is 15.2 Å². The minimum atomic E-state index is -0.340. The maximum atomic E-state index is 12.8. The molecule has 0 bridgehead atoms. The molecule has 150 valence electrons. The van der Waals surface area contributed by atoms with Gasteiger partial charge in [-0.25, -0.2) is 4.98 Å². The smallest absolute Gasteiger partial charge is 0.243 e. The summed E-state index contributed by atoms with van der Waals surface area (Å²) in [7, 11) is 0. The summed E-state index contributed by atoms with van der Waals surface area (Å²) in [5.41, 5.74) is 5.09. The average Bonchev–Trinajstić information content (AvgIpc) is 3.30. The normalized spacial score (nSPS) is 17.8. The Labute approximate surface area is 171 Å². The minimum absolute atomic E-state index is 0.0514. The highest BCUT2D eigenvalue weighted by atomic mass is 32.1. The summed E-state index contributed by atoms with van der Waals surface area (Å²) < 4.78 is 0. The van der Waals surface area contributed by atoms with E-state index in [0.717, 1.165) is 29.7 Å². The molecule has 2 aromatic rings. The number of hydrogen-bond donors (Lipinski definition) is 1. The van der Waals surface area contributed by atoms with Crippen molar-refractivity contribution in [1.29, 1.82) is 0 Å². The zero-order valence-corrected chi connectivity index (χ0v) is 17.9. The molecule has 2 heterocycles. The molecule has 0 radical (unpaired) electrons. The fraction of sp³-hybridized carbons (Fsp3) is 0.500. The molecule has 3 rings (SSSR count). The molecule has 1 aromatic carbocycles. The maximum absolute atomic E-state index is 12.8. The van der Waals surface area contributed by atoms with Crippen LogP contribution in [-0.2, 0) is 9.59 Å². The number of carbonyl (C=O) groups is 2. The van der Waals surface area contributed by atoms with Crippen LogP contribution in [0.5, 0.6) is 0 Å². The summed E-state index contributed by atoms with van der Waals surface area (Å²) in [6, 6.07) is 7.81. The Morgan fingerprint density at radius 3 is 2.57 bits per heavy atom. The van der Waals surface area contributed by atoms with E-state index in [2.05, 4.69) is 34.6 Å². The SMILES string of the molecule is Cc1ncsc1-c1ccc(C(C)NC(=O)C2CCCN2C(=O)CC(C)C)cc1. The van der Waals surface area contributed by atoms with Crippen LogP contribution in [-0.4, -0.2) is 34.3 Å². The number of benzene rings is 1. The van der Waals surface area contributed by atoms with Crippen LogP contribution in [0.3, 0.4) is 0 Å². The van der Waals surface area contributed by atoms with Crippen molar-refractivity contribution in [3.05, 3.63) is 41.0 Å². The van der Waals surface area contributed by atoms with Crippen LogP contribution >= 0.6 is 11.3 Å². The summed E-state index contributed by atoms with van der Waals surface area (Å²) in [5.74, 6) is 0.338. The van der Waals surface area contributed by atoms with E-state index in [1.165, 1.54) is 4.88 Å². The van der Waals surface area contributed by atoms with Crippen LogP contribution < -0.4 is 5.32 Å². The van der Waals surface area contributed by atoms with Gasteiger partial charge in [-0.3, -0.25) is 9.59 Å². The van der Waals surface area contributed by atoms with Gasteiger partial charge in [0, 0.05) is 13.0 Å². The molecular formula is C22H29N3O2S. The number of carbonyl (C=O) groups excluding carboxylic acids is 2. The van der Waals surface area contributed by atoms with E-state index in [9.17, 15) is 9.59 Å². The van der Waals surface area contributed by atoms with Crippen molar-refractivity contribution >= 4 is 23.2 Å². The van der Waals surface area contributed by atoms with Crippen LogP contribution in [0, 0.1) is 12.8 Å². The molecule has 1 aliphatic heterocycles. The minimum Gasteiger partial charge on any atom is -0.348 e. The summed E-state index contributed by atoms with van der Waals surface area (Å²) in [5, 5.41) is 3.10. The number of aryl methyl sites for hydroxylation is 1. The second-order valence-corrected chi connectivity index (χ2v) is 8.82. The van der Waals surface area contributed by atoms with Crippen LogP contribution in [0.4, 0.5) is 0 Å². The summed E-state index contributed by atoms with van der Waals surface area (Å²) in [4.78, 5) is 32.5. The molecule has 0 spiro atoms. The van der Waals surface area contributed by atoms with Gasteiger partial charge in [0.05, 0.1) is 22.1 Å². The molecule has 2 atom stereocenters. The molecule has 1 N–H and O–H groups in total. The molecule has 0 aliphatic carbocycles. The lowest BCUT2D eigenvalue weighted by Crippen LogP contribution is -2.46. The molecule has 2 unspecified atom stereocenters. The second kappa shape index (κ2) is 8.86. The highest BCUT2D eigenvalue weighted by Crippen LogP contribution is 2.28. The second-order valence-electron chi connectivity index (χ2n) is 7.96. The van der Waals surface area contributed by atoms with Gasteiger partial charge in [-0.1, -0.05) is 38.1 Å². The number of hydrogen-bond acceptors (Lipinski definition) is 4. The first-order chi connectivity index (χ1) is 13.4. The van der Waals surface area contributed by atoms with Crippen molar-refractivity contribution in [3.8, 4) is 10.4 Å². The van der Waals surface area contributed by atoms with Gasteiger partial charge < -0.3 is 10.2 Å². The molecule has 0 saturated carbocycles. The third-order valence-electron chi connectivity index (χ3n) is 5.24. The first kappa shape index (κ1) is 20.5. The van der Waals surface area contributed by atoms with Gasteiger partial charge in [-0.15, -0.1) is 11.3 Å². The largest absolute Gasteiger partial charge is 0.348 e. The topological polar surface area (TPSA) is 62.3 Å². The Balaban J connectivity index is 1.63. The number of aromatic nitrogens is 1. The summed E-state index contributed by atoms with van der Waals surface area (Å²) >= 11 is 1.63. The summed E-state index contributed by atoms with van der Waals surface area (Å²) in [6.45, 7) is 8.74. The van der Waals surface area contributed by atoms with Crippen molar-refractivity contribution in [2.45, 2.75) is 59.0 Å². The van der Waals surface area contributed by atoms with E-state index < -0.39 is 0 Å². The highest BCUT2D eigenvalue weighted by molar-refractivity contribution is 7.13. The van der Waals surface area contributed by atoms with Crippen LogP contribution in [0.25, 0.3) is 10.4 Å². The third kappa shape index (κ3) is 4.61. The van der Waals surface area contributed by atoms with E-state index in [1.54, 1.807) is 16.2 Å². The third-order valence-corrected chi connectivity index (χ3v) is 6.21. The number of likely N-dealkylation sites (tertiary alicyclic amines) is 1. The van der Waals surface area contributed by atoms with Gasteiger partial charge in [0.1, 0.15) is 6.04 Å². The molecule has 1 aliphatic rings. The van der Waals surface area contributed by atoms with E-state index in [-0.39, 0.29) is 23.9 Å². The average molecular weight is 400 g/mol. The number of nitrogens with zero attached hydrogens (tertiary/aromatic N) is 2. The van der Waals surface area contributed by atoms with Crippen molar-refractivity contribution in [2.24, 2.45) is 5.92 Å². The van der Waals surface area contributed by atoms with E-state index in [1.807, 2.05) is 33.2 Å². The zero-order chi connectivity index (χ0) is 20.3. The standard InChI is InChI=1S/C22H29N3O2S/c1-14(2)12-20(26)25-11-5-6-19(25)22(27)24-15(3)17-7-9-18(10-8-17)21-16(4)23-13-28-21/h7-10,13-15,19H,5-6,11-12H2,1-4H3,(H,24,27). The molecule has 28 heavy (non-hydrogen) atoms. The molecular weight excluding hydrogens is 370 g/mol. The van der Waals surface area contributed by atoms with Gasteiger partial charge >= 0.3 is 0 Å². The number of amides is 2. The van der Waals surface area contributed by atoms with E-state index in [0.29, 0.717) is 18.9 Å². The Bertz CT molecular complexity index is 829. The predicted molar refractivity (Wildman–Crippen MR) is 113 cm³/mol. The maximum Gasteiger partial charge on any atom is 0.243 e. The molecule has 1 aromatic heterocycles. The van der Waals surface area contributed by atoms with Crippen LogP contribution in [0.1, 0.15) is 57.3 Å². The Hall–Kier alpha value is -2.21. The molecule has 1 fully saturated rings. The lowest BCUT2D eigenvalue weighted by atomic mass is 10.0. The number of rotatable bonds is 6. The summed E-state index contributed by atoms with van der Waals surface area (Å²) in [6.07, 6.45) is 2.13. The van der Waals surface area contributed by atoms with Gasteiger partial charge in [0.25, 0.3) is 0 Å². The lowest BCUT2D eigenvalue weighted by molar-refractivity contribution is -0.139. The Morgan fingerprint density at radius 2 is 1.96 bits per heavy atom. The first-order valence-electron chi connectivity index (χ1n) is 9.97. The van der Waals surface area contributed by atoms with Crippen LogP contribution in [0.15, 0.2) is 29.8 Å². The quantitative estimate of drug-likeness (QED) is 0.786. The van der Waals surface area contributed by atoms with E-state index >= 15 is 0 Å². The number of nitrogens with one attached hydrogen (secondary N) is 1. The Morgan fingerprint density at radius 1 is 1.25 bits per heavy atom. The first-order valence-corrected chi connectivity index (χ1v) is 10.8. The van der Waals surface area contributed by atoms with E-state index in [4.69, 9.17) is 0 Å². The fourth-order valence-electron chi connectivity index (χ4n) is 3.70. The van der Waals surface area contributed by atoms with Gasteiger partial charge in [-0.05, 0) is 43.7 Å². The van der Waals surface area contributed by atoms with Gasteiger partial charge in [0.2, 0.25) is 11.8 Å². The van der Waals surface area contributed by atoms with Crippen molar-refractivity contribution in [3.63, 3.8) is 0 Å². The predicted octanol–water partition coefficient (Wildman–Crippen LogP) is 4.33. The Kier molecular flexibility index (Phi) is 6.50. The van der Waals surface area contributed by atoms with Crippen molar-refractivity contribution in [2.75, 3.05) is 6.54 Å². The zero-order valence-electron chi connectivity index (χ0n) is 17.1. The fourth-order valence-corrected chi connectivity index (χ4v) is 4.51. The molecule has 2 amide bonds. The van der Waals surface area contributed by atoms with Gasteiger partial charge in [-0.2, -0.15) is 0 Å². The van der Waals surface area contributed by atoms with Crippen LogP contribution in [0.2, 0.25) is 0 Å². The van der Waals surface area contributed by atoms with Crippen molar-refractivity contribution < 1.29 is 9.59 Å². The number of thiazole rings is 1. The molecule has 5 nitrogen and oxygen atoms in total. The highest BCUT2D eigenvalue weighted by Gasteiger charge is 2.34. The lowest BCUT2D eigenvalue weighted by Gasteiger charge is -2.26. The molecule has 6 heteroatoms. The van der Waals surface area contributed by atoms with Gasteiger partial charge in [0.15, 0.2) is 0 Å². The molecule has 1 saturated heterocycles. The monoisotopic (exact) mass is 399 g/mol.